The minimum absolute atomic E-state index is 0.193. The summed E-state index contributed by atoms with van der Waals surface area (Å²) >= 11 is 1.33. The number of nitrogens with one attached hydrogen (secondary N) is 2. The third kappa shape index (κ3) is 1.99. The Morgan fingerprint density at radius 3 is 2.90 bits per heavy atom. The molecule has 0 saturated carbocycles. The Morgan fingerprint density at radius 2 is 2.20 bits per heavy atom. The molecule has 0 bridgehead atoms. The summed E-state index contributed by atoms with van der Waals surface area (Å²) < 4.78 is 1.21. The van der Waals surface area contributed by atoms with Crippen molar-refractivity contribution in [1.29, 1.82) is 0 Å². The topological polar surface area (TPSA) is 92.2 Å². The van der Waals surface area contributed by atoms with Crippen molar-refractivity contribution < 1.29 is 4.79 Å². The predicted molar refractivity (Wildman–Crippen MR) is 75.4 cm³/mol. The van der Waals surface area contributed by atoms with Gasteiger partial charge in [0.2, 0.25) is 5.95 Å². The van der Waals surface area contributed by atoms with E-state index in [0.29, 0.717) is 16.1 Å². The molecule has 0 atom stereocenters. The Labute approximate surface area is 117 Å². The van der Waals surface area contributed by atoms with Crippen molar-refractivity contribution in [3.05, 3.63) is 44.0 Å². The summed E-state index contributed by atoms with van der Waals surface area (Å²) in [5.41, 5.74) is 0.941. The fraction of sp³-hybridized carbons (Fsp3) is 0.167. The summed E-state index contributed by atoms with van der Waals surface area (Å²) in [6, 6.07) is 3.50. The molecule has 3 aromatic rings. The van der Waals surface area contributed by atoms with Crippen molar-refractivity contribution in [2.24, 2.45) is 0 Å². The van der Waals surface area contributed by atoms with Crippen LogP contribution >= 0.6 is 11.3 Å². The number of thiophene rings is 1. The molecule has 20 heavy (non-hydrogen) atoms. The predicted octanol–water partition coefficient (Wildman–Crippen LogP) is 1.35. The Kier molecular flexibility index (Phi) is 2.87. The molecule has 8 heteroatoms. The van der Waals surface area contributed by atoms with Crippen LogP contribution in [0.25, 0.3) is 5.78 Å². The highest BCUT2D eigenvalue weighted by molar-refractivity contribution is 7.12. The number of fused-ring (bicyclic) bond motifs is 1. The number of amides is 1. The van der Waals surface area contributed by atoms with Gasteiger partial charge in [0.25, 0.3) is 17.2 Å². The van der Waals surface area contributed by atoms with Gasteiger partial charge in [-0.25, -0.2) is 4.98 Å². The van der Waals surface area contributed by atoms with Gasteiger partial charge in [0.1, 0.15) is 0 Å². The Bertz CT molecular complexity index is 847. The molecular weight excluding hydrogens is 278 g/mol. The van der Waals surface area contributed by atoms with E-state index in [1.807, 2.05) is 5.38 Å². The van der Waals surface area contributed by atoms with Crippen LogP contribution in [0.3, 0.4) is 0 Å². The number of rotatable bonds is 2. The normalized spacial score (nSPS) is 10.9. The molecular formula is C12H11N5O2S. The average molecular weight is 289 g/mol. The molecule has 0 aromatic carbocycles. The second-order valence-electron chi connectivity index (χ2n) is 4.27. The molecule has 3 rings (SSSR count). The summed E-state index contributed by atoms with van der Waals surface area (Å²) in [6.45, 7) is 3.44. The standard InChI is InChI=1S/C12H11N5O2S/c1-6-7(2)13-12-15-11(16-17(12)10(6)19)14-9(18)8-4-3-5-20-8/h3-5H,1-2H3,(H2,13,14,15,16,18). The number of carbonyl (C=O) groups excluding carboxylic acids is 1. The highest BCUT2D eigenvalue weighted by Gasteiger charge is 2.13. The maximum absolute atomic E-state index is 12.0. The highest BCUT2D eigenvalue weighted by Crippen LogP contribution is 2.11. The van der Waals surface area contributed by atoms with Gasteiger partial charge in [0.05, 0.1) is 4.88 Å². The molecule has 7 nitrogen and oxygen atoms in total. The summed E-state index contributed by atoms with van der Waals surface area (Å²) in [7, 11) is 0. The van der Waals surface area contributed by atoms with Crippen molar-refractivity contribution in [1.82, 2.24) is 19.6 Å². The van der Waals surface area contributed by atoms with Crippen LogP contribution in [0.2, 0.25) is 0 Å². The highest BCUT2D eigenvalue weighted by atomic mass is 32.1. The lowest BCUT2D eigenvalue weighted by Crippen LogP contribution is -2.19. The molecule has 1 amide bonds. The average Bonchev–Trinajstić information content (AvgIpc) is 3.05. The lowest BCUT2D eigenvalue weighted by molar-refractivity contribution is 0.102. The van der Waals surface area contributed by atoms with Gasteiger partial charge in [-0.2, -0.15) is 9.50 Å². The number of hydrogen-bond acceptors (Lipinski definition) is 5. The quantitative estimate of drug-likeness (QED) is 0.744. The number of H-pyrrole nitrogens is 1. The van der Waals surface area contributed by atoms with Gasteiger partial charge in [0.15, 0.2) is 0 Å². The molecule has 0 aliphatic heterocycles. The summed E-state index contributed by atoms with van der Waals surface area (Å²) in [4.78, 5) is 32.8. The number of aromatic amines is 1. The van der Waals surface area contributed by atoms with E-state index < -0.39 is 0 Å². The van der Waals surface area contributed by atoms with E-state index in [9.17, 15) is 9.59 Å². The van der Waals surface area contributed by atoms with Gasteiger partial charge >= 0.3 is 0 Å². The number of nitrogens with zero attached hydrogens (tertiary/aromatic N) is 3. The van der Waals surface area contributed by atoms with E-state index in [1.54, 1.807) is 26.0 Å². The minimum Gasteiger partial charge on any atom is -0.290 e. The van der Waals surface area contributed by atoms with Crippen LogP contribution in [-0.4, -0.2) is 25.5 Å². The molecule has 3 aromatic heterocycles. The van der Waals surface area contributed by atoms with E-state index in [2.05, 4.69) is 20.4 Å². The maximum Gasteiger partial charge on any atom is 0.277 e. The van der Waals surface area contributed by atoms with Crippen LogP contribution < -0.4 is 10.9 Å². The second-order valence-corrected chi connectivity index (χ2v) is 5.21. The van der Waals surface area contributed by atoms with E-state index in [4.69, 9.17) is 0 Å². The molecule has 0 unspecified atom stereocenters. The van der Waals surface area contributed by atoms with E-state index >= 15 is 0 Å². The molecule has 0 saturated heterocycles. The molecule has 102 valence electrons. The summed E-state index contributed by atoms with van der Waals surface area (Å²) in [6.07, 6.45) is 0. The first kappa shape index (κ1) is 12.5. The van der Waals surface area contributed by atoms with Gasteiger partial charge in [-0.15, -0.1) is 11.3 Å². The SMILES string of the molecule is Cc1nc2nc(NC(=O)c3cccs3)[nH]n2c(=O)c1C. The first-order valence-corrected chi connectivity index (χ1v) is 6.75. The van der Waals surface area contributed by atoms with Crippen molar-refractivity contribution in [2.45, 2.75) is 13.8 Å². The van der Waals surface area contributed by atoms with Gasteiger partial charge in [-0.05, 0) is 25.3 Å². The number of hydrogen-bond donors (Lipinski definition) is 2. The van der Waals surface area contributed by atoms with E-state index in [-0.39, 0.29) is 23.2 Å². The second kappa shape index (κ2) is 4.57. The summed E-state index contributed by atoms with van der Waals surface area (Å²) in [5.74, 6) is 0.151. The number of anilines is 1. The maximum atomic E-state index is 12.0. The van der Waals surface area contributed by atoms with Crippen molar-refractivity contribution in [2.75, 3.05) is 5.32 Å². The minimum atomic E-state index is -0.277. The molecule has 0 fully saturated rings. The molecule has 3 heterocycles. The molecule has 0 spiro atoms. The van der Waals surface area contributed by atoms with Gasteiger partial charge < -0.3 is 0 Å². The van der Waals surface area contributed by atoms with E-state index in [1.165, 1.54) is 15.9 Å². The van der Waals surface area contributed by atoms with Crippen LogP contribution in [0.1, 0.15) is 20.9 Å². The largest absolute Gasteiger partial charge is 0.290 e. The first-order valence-electron chi connectivity index (χ1n) is 5.87. The number of aryl methyl sites for hydroxylation is 1. The Hall–Kier alpha value is -2.48. The third-order valence-electron chi connectivity index (χ3n) is 2.94. The Morgan fingerprint density at radius 1 is 1.40 bits per heavy atom. The lowest BCUT2D eigenvalue weighted by Gasteiger charge is -1.97. The van der Waals surface area contributed by atoms with Gasteiger partial charge in [-0.3, -0.25) is 20.0 Å². The van der Waals surface area contributed by atoms with Crippen molar-refractivity contribution >= 4 is 29.0 Å². The monoisotopic (exact) mass is 289 g/mol. The third-order valence-corrected chi connectivity index (χ3v) is 3.81. The molecule has 0 aliphatic carbocycles. The first-order chi connectivity index (χ1) is 9.56. The zero-order valence-corrected chi connectivity index (χ0v) is 11.6. The smallest absolute Gasteiger partial charge is 0.277 e. The molecule has 0 aliphatic rings. The zero-order valence-electron chi connectivity index (χ0n) is 10.8. The van der Waals surface area contributed by atoms with Crippen LogP contribution in [0.4, 0.5) is 5.95 Å². The fourth-order valence-corrected chi connectivity index (χ4v) is 2.36. The van der Waals surface area contributed by atoms with Crippen molar-refractivity contribution in [3.8, 4) is 0 Å². The molecule has 0 radical (unpaired) electrons. The summed E-state index contributed by atoms with van der Waals surface area (Å²) in [5, 5.41) is 7.14. The fourth-order valence-electron chi connectivity index (χ4n) is 1.74. The van der Waals surface area contributed by atoms with Gasteiger partial charge in [-0.1, -0.05) is 6.07 Å². The van der Waals surface area contributed by atoms with Gasteiger partial charge in [0, 0.05) is 11.3 Å². The van der Waals surface area contributed by atoms with Crippen LogP contribution in [0.5, 0.6) is 0 Å². The lowest BCUT2D eigenvalue weighted by atomic mass is 10.3. The number of aromatic nitrogens is 4. The number of carbonyl (C=O) groups is 1. The molecule has 2 N–H and O–H groups in total. The zero-order chi connectivity index (χ0) is 14.3. The van der Waals surface area contributed by atoms with Crippen LogP contribution in [-0.2, 0) is 0 Å². The Balaban J connectivity index is 2.00. The van der Waals surface area contributed by atoms with E-state index in [0.717, 1.165) is 0 Å². The van der Waals surface area contributed by atoms with Crippen LogP contribution in [0.15, 0.2) is 22.3 Å². The van der Waals surface area contributed by atoms with Crippen LogP contribution in [0, 0.1) is 13.8 Å². The van der Waals surface area contributed by atoms with Crippen molar-refractivity contribution in [3.63, 3.8) is 0 Å².